The Bertz CT molecular complexity index is 434. The van der Waals surface area contributed by atoms with Crippen LogP contribution in [0.15, 0.2) is 5.38 Å². The molecule has 0 saturated heterocycles. The topological polar surface area (TPSA) is 79.3 Å². The molecule has 1 rings (SSSR count). The fourth-order valence-corrected chi connectivity index (χ4v) is 1.86. The van der Waals surface area contributed by atoms with E-state index < -0.39 is 11.4 Å². The second-order valence-electron chi connectivity index (χ2n) is 4.82. The van der Waals surface area contributed by atoms with Crippen molar-refractivity contribution in [3.05, 3.63) is 16.1 Å². The number of carboxylic acid groups (broad SMARTS) is 1. The Morgan fingerprint density at radius 3 is 2.47 bits per heavy atom. The van der Waals surface area contributed by atoms with Crippen LogP contribution in [-0.2, 0) is 4.79 Å². The predicted molar refractivity (Wildman–Crippen MR) is 65.1 cm³/mol. The van der Waals surface area contributed by atoms with Crippen molar-refractivity contribution >= 4 is 23.2 Å². The van der Waals surface area contributed by atoms with Gasteiger partial charge >= 0.3 is 5.97 Å². The first kappa shape index (κ1) is 13.6. The molecule has 1 heterocycles. The van der Waals surface area contributed by atoms with Gasteiger partial charge in [-0.05, 0) is 6.92 Å². The van der Waals surface area contributed by atoms with Gasteiger partial charge in [-0.3, -0.25) is 4.79 Å². The van der Waals surface area contributed by atoms with Crippen LogP contribution in [0, 0.1) is 5.41 Å². The Labute approximate surface area is 104 Å². The number of hydrogen-bond donors (Lipinski definition) is 2. The Morgan fingerprint density at radius 2 is 2.06 bits per heavy atom. The van der Waals surface area contributed by atoms with Gasteiger partial charge in [0, 0.05) is 10.8 Å². The van der Waals surface area contributed by atoms with Gasteiger partial charge in [0.2, 0.25) is 5.91 Å². The van der Waals surface area contributed by atoms with Crippen molar-refractivity contribution in [3.63, 3.8) is 0 Å². The predicted octanol–water partition coefficient (Wildman–Crippen LogP) is 2.06. The Morgan fingerprint density at radius 1 is 1.47 bits per heavy atom. The van der Waals surface area contributed by atoms with Crippen molar-refractivity contribution in [2.24, 2.45) is 5.41 Å². The van der Waals surface area contributed by atoms with Crippen molar-refractivity contribution < 1.29 is 14.7 Å². The molecule has 0 aromatic carbocycles. The van der Waals surface area contributed by atoms with Crippen LogP contribution >= 0.6 is 11.3 Å². The Hall–Kier alpha value is -1.43. The van der Waals surface area contributed by atoms with Crippen molar-refractivity contribution in [3.8, 4) is 0 Å². The van der Waals surface area contributed by atoms with E-state index in [0.717, 1.165) is 0 Å². The van der Waals surface area contributed by atoms with E-state index in [4.69, 9.17) is 5.11 Å². The molecule has 1 amide bonds. The molecule has 5 nitrogen and oxygen atoms in total. The number of thiazole rings is 1. The number of nitrogens with one attached hydrogen (secondary N) is 1. The first-order valence-electron chi connectivity index (χ1n) is 5.21. The number of aromatic carboxylic acids is 1. The molecule has 0 aliphatic rings. The first-order valence-corrected chi connectivity index (χ1v) is 6.09. The van der Waals surface area contributed by atoms with Crippen LogP contribution in [0.1, 0.15) is 49.2 Å². The average Bonchev–Trinajstić information content (AvgIpc) is 2.64. The third kappa shape index (κ3) is 3.52. The van der Waals surface area contributed by atoms with E-state index in [2.05, 4.69) is 10.3 Å². The average molecular weight is 256 g/mol. The summed E-state index contributed by atoms with van der Waals surface area (Å²) in [6.07, 6.45) is 0. The highest BCUT2D eigenvalue weighted by Gasteiger charge is 2.24. The number of aromatic nitrogens is 1. The summed E-state index contributed by atoms with van der Waals surface area (Å²) in [6, 6.07) is -0.278. The second kappa shape index (κ2) is 4.83. The summed E-state index contributed by atoms with van der Waals surface area (Å²) in [5, 5.41) is 13.6. The number of nitrogens with zero attached hydrogens (tertiary/aromatic N) is 1. The molecule has 1 aromatic heterocycles. The summed E-state index contributed by atoms with van der Waals surface area (Å²) in [5.41, 5.74) is -0.455. The number of hydrogen-bond acceptors (Lipinski definition) is 4. The molecular weight excluding hydrogens is 240 g/mol. The van der Waals surface area contributed by atoms with Crippen molar-refractivity contribution in [1.82, 2.24) is 10.3 Å². The van der Waals surface area contributed by atoms with Crippen LogP contribution < -0.4 is 5.32 Å². The van der Waals surface area contributed by atoms with Crippen LogP contribution in [-0.4, -0.2) is 22.0 Å². The van der Waals surface area contributed by atoms with E-state index in [9.17, 15) is 9.59 Å². The highest BCUT2D eigenvalue weighted by atomic mass is 32.1. The molecule has 0 aliphatic carbocycles. The lowest BCUT2D eigenvalue weighted by molar-refractivity contribution is -0.129. The van der Waals surface area contributed by atoms with Gasteiger partial charge in [0.25, 0.3) is 0 Å². The number of rotatable bonds is 3. The van der Waals surface area contributed by atoms with E-state index in [0.29, 0.717) is 5.01 Å². The molecule has 0 spiro atoms. The Balaban J connectivity index is 2.73. The fraction of sp³-hybridized carbons (Fsp3) is 0.545. The normalized spacial score (nSPS) is 13.2. The molecule has 1 unspecified atom stereocenters. The van der Waals surface area contributed by atoms with Gasteiger partial charge in [-0.25, -0.2) is 9.78 Å². The molecule has 17 heavy (non-hydrogen) atoms. The lowest BCUT2D eigenvalue weighted by Crippen LogP contribution is -2.36. The smallest absolute Gasteiger partial charge is 0.355 e. The van der Waals surface area contributed by atoms with Crippen LogP contribution in [0.3, 0.4) is 0 Å². The Kier molecular flexibility index (Phi) is 3.87. The van der Waals surface area contributed by atoms with Crippen LogP contribution in [0.4, 0.5) is 0 Å². The number of carbonyl (C=O) groups excluding carboxylic acids is 1. The zero-order valence-electron chi connectivity index (χ0n) is 10.3. The molecule has 1 aromatic rings. The largest absolute Gasteiger partial charge is 0.476 e. The first-order chi connectivity index (χ1) is 7.71. The molecule has 0 aliphatic heterocycles. The molecule has 1 atom stereocenters. The maximum absolute atomic E-state index is 11.7. The standard InChI is InChI=1S/C11H16N2O3S/c1-6(12-10(16)11(2,3)4)8-13-7(5-17-8)9(14)15/h5-6H,1-4H3,(H,12,16)(H,14,15). The van der Waals surface area contributed by atoms with Crippen LogP contribution in [0.5, 0.6) is 0 Å². The monoisotopic (exact) mass is 256 g/mol. The van der Waals surface area contributed by atoms with Gasteiger partial charge < -0.3 is 10.4 Å². The summed E-state index contributed by atoms with van der Waals surface area (Å²) >= 11 is 1.23. The highest BCUT2D eigenvalue weighted by Crippen LogP contribution is 2.20. The van der Waals surface area contributed by atoms with Gasteiger partial charge in [0.15, 0.2) is 5.69 Å². The van der Waals surface area contributed by atoms with Gasteiger partial charge in [-0.1, -0.05) is 20.8 Å². The van der Waals surface area contributed by atoms with Gasteiger partial charge in [0.1, 0.15) is 5.01 Å². The van der Waals surface area contributed by atoms with Gasteiger partial charge in [-0.15, -0.1) is 11.3 Å². The lowest BCUT2D eigenvalue weighted by Gasteiger charge is -2.20. The highest BCUT2D eigenvalue weighted by molar-refractivity contribution is 7.09. The number of carbonyl (C=O) groups is 2. The number of carboxylic acids is 1. The van der Waals surface area contributed by atoms with E-state index in [1.165, 1.54) is 16.7 Å². The van der Waals surface area contributed by atoms with Gasteiger partial charge in [0.05, 0.1) is 6.04 Å². The van der Waals surface area contributed by atoms with Crippen molar-refractivity contribution in [2.75, 3.05) is 0 Å². The van der Waals surface area contributed by atoms with E-state index >= 15 is 0 Å². The molecule has 0 saturated carbocycles. The number of amides is 1. The second-order valence-corrected chi connectivity index (χ2v) is 5.71. The molecule has 6 heteroatoms. The molecule has 0 bridgehead atoms. The summed E-state index contributed by atoms with van der Waals surface area (Å²) in [6.45, 7) is 7.24. The summed E-state index contributed by atoms with van der Waals surface area (Å²) < 4.78 is 0. The molecular formula is C11H16N2O3S. The van der Waals surface area contributed by atoms with Crippen LogP contribution in [0.25, 0.3) is 0 Å². The third-order valence-corrected chi connectivity index (χ3v) is 3.17. The quantitative estimate of drug-likeness (QED) is 0.867. The maximum Gasteiger partial charge on any atom is 0.355 e. The summed E-state index contributed by atoms with van der Waals surface area (Å²) in [5.74, 6) is -1.14. The van der Waals surface area contributed by atoms with E-state index in [1.54, 1.807) is 6.92 Å². The summed E-state index contributed by atoms with van der Waals surface area (Å²) in [7, 11) is 0. The zero-order valence-corrected chi connectivity index (χ0v) is 11.1. The van der Waals surface area contributed by atoms with Crippen molar-refractivity contribution in [1.29, 1.82) is 0 Å². The van der Waals surface area contributed by atoms with Gasteiger partial charge in [-0.2, -0.15) is 0 Å². The SMILES string of the molecule is CC(NC(=O)C(C)(C)C)c1nc(C(=O)O)cs1. The minimum absolute atomic E-state index is 0.0156. The molecule has 0 radical (unpaired) electrons. The van der Waals surface area contributed by atoms with Crippen LogP contribution in [0.2, 0.25) is 0 Å². The zero-order chi connectivity index (χ0) is 13.2. The minimum Gasteiger partial charge on any atom is -0.476 e. The minimum atomic E-state index is -1.05. The van der Waals surface area contributed by atoms with E-state index in [1.807, 2.05) is 20.8 Å². The molecule has 0 fully saturated rings. The molecule has 94 valence electrons. The fourth-order valence-electron chi connectivity index (χ4n) is 1.06. The maximum atomic E-state index is 11.7. The lowest BCUT2D eigenvalue weighted by atomic mass is 9.95. The van der Waals surface area contributed by atoms with E-state index in [-0.39, 0.29) is 17.6 Å². The third-order valence-electron chi connectivity index (χ3n) is 2.14. The van der Waals surface area contributed by atoms with Crippen molar-refractivity contribution in [2.45, 2.75) is 33.7 Å². The molecule has 2 N–H and O–H groups in total. The summed E-state index contributed by atoms with van der Waals surface area (Å²) in [4.78, 5) is 26.4.